The van der Waals surface area contributed by atoms with Crippen molar-refractivity contribution in [2.75, 3.05) is 20.8 Å². The minimum atomic E-state index is -0.398. The number of hydrogen-bond donors (Lipinski definition) is 3. The molecule has 5 aromatic rings. The number of phenolic OH excluding ortho intramolecular Hbond substituents is 1. The number of nitrogens with one attached hydrogen (secondary N) is 2. The normalized spacial score (nSPS) is 14.8. The Kier molecular flexibility index (Phi) is 5.56. The highest BCUT2D eigenvalue weighted by Crippen LogP contribution is 2.43. The first kappa shape index (κ1) is 22.7. The van der Waals surface area contributed by atoms with Gasteiger partial charge in [0.05, 0.1) is 26.0 Å². The van der Waals surface area contributed by atoms with Crippen LogP contribution in [0.5, 0.6) is 17.2 Å². The molecule has 3 N–H and O–H groups in total. The number of benzene rings is 3. The lowest BCUT2D eigenvalue weighted by atomic mass is 9.95. The maximum atomic E-state index is 13.7. The van der Waals surface area contributed by atoms with Crippen LogP contribution in [-0.2, 0) is 6.42 Å². The van der Waals surface area contributed by atoms with Crippen molar-refractivity contribution in [3.63, 3.8) is 0 Å². The molecule has 3 heterocycles. The SMILES string of the molecule is COc1ccc(-c2n[nH]c3c2[C@@H](c2cccc(O)c2)N(CCc2c[nH]c4ccc(OC)cc24)C3=O)cc1. The smallest absolute Gasteiger partial charge is 0.273 e. The summed E-state index contributed by atoms with van der Waals surface area (Å²) in [5.74, 6) is 1.56. The van der Waals surface area contributed by atoms with E-state index in [2.05, 4.69) is 15.2 Å². The van der Waals surface area contributed by atoms with E-state index in [0.29, 0.717) is 24.4 Å². The van der Waals surface area contributed by atoms with Gasteiger partial charge < -0.3 is 24.5 Å². The molecule has 1 amide bonds. The van der Waals surface area contributed by atoms with Gasteiger partial charge in [-0.15, -0.1) is 0 Å². The van der Waals surface area contributed by atoms with Gasteiger partial charge in [-0.25, -0.2) is 0 Å². The van der Waals surface area contributed by atoms with Gasteiger partial charge in [-0.05, 0) is 72.1 Å². The van der Waals surface area contributed by atoms with Crippen molar-refractivity contribution in [1.29, 1.82) is 0 Å². The van der Waals surface area contributed by atoms with E-state index in [4.69, 9.17) is 9.47 Å². The lowest BCUT2D eigenvalue weighted by Crippen LogP contribution is -2.31. The molecular formula is C29H26N4O4. The van der Waals surface area contributed by atoms with Crippen LogP contribution in [0.1, 0.15) is 33.2 Å². The molecule has 186 valence electrons. The molecule has 0 fully saturated rings. The van der Waals surface area contributed by atoms with Gasteiger partial charge in [0.25, 0.3) is 5.91 Å². The standard InChI is InChI=1S/C29H26N4O4/c1-36-21-8-6-17(7-9-21)26-25-27(32-31-26)29(35)33(28(25)18-4-3-5-20(34)14-18)13-12-19-16-30-24-11-10-22(37-2)15-23(19)24/h3-11,14-16,28,30,34H,12-13H2,1-2H3,(H,31,32)/t28-/m1/s1. The van der Waals surface area contributed by atoms with Crippen LogP contribution < -0.4 is 9.47 Å². The predicted octanol–water partition coefficient (Wildman–Crippen LogP) is 5.07. The van der Waals surface area contributed by atoms with Gasteiger partial charge in [0.1, 0.15) is 22.9 Å². The summed E-state index contributed by atoms with van der Waals surface area (Å²) in [4.78, 5) is 18.8. The molecule has 0 saturated carbocycles. The Morgan fingerprint density at radius 1 is 1.00 bits per heavy atom. The molecule has 0 bridgehead atoms. The number of methoxy groups -OCH3 is 2. The molecule has 2 aromatic heterocycles. The van der Waals surface area contributed by atoms with Crippen molar-refractivity contribution < 1.29 is 19.4 Å². The number of fused-ring (bicyclic) bond motifs is 2. The van der Waals surface area contributed by atoms with Crippen molar-refractivity contribution in [3.8, 4) is 28.5 Å². The number of H-pyrrole nitrogens is 2. The number of nitrogens with zero attached hydrogens (tertiary/aromatic N) is 2. The molecule has 0 radical (unpaired) electrons. The fourth-order valence-electron chi connectivity index (χ4n) is 5.17. The number of aromatic hydroxyl groups is 1. The zero-order chi connectivity index (χ0) is 25.5. The van der Waals surface area contributed by atoms with E-state index in [0.717, 1.165) is 44.7 Å². The summed E-state index contributed by atoms with van der Waals surface area (Å²) < 4.78 is 10.7. The van der Waals surface area contributed by atoms with Gasteiger partial charge in [0, 0.05) is 34.8 Å². The number of ether oxygens (including phenoxy) is 2. The Morgan fingerprint density at radius 2 is 1.78 bits per heavy atom. The van der Waals surface area contributed by atoms with Crippen LogP contribution in [0.15, 0.2) is 72.9 Å². The number of amides is 1. The summed E-state index contributed by atoms with van der Waals surface area (Å²) in [6.07, 6.45) is 2.63. The Labute approximate surface area is 213 Å². The van der Waals surface area contributed by atoms with Crippen molar-refractivity contribution in [2.24, 2.45) is 0 Å². The van der Waals surface area contributed by atoms with E-state index in [1.165, 1.54) is 0 Å². The van der Waals surface area contributed by atoms with Gasteiger partial charge >= 0.3 is 0 Å². The van der Waals surface area contributed by atoms with Gasteiger partial charge in [0.2, 0.25) is 0 Å². The third-order valence-corrected chi connectivity index (χ3v) is 7.01. The maximum Gasteiger partial charge on any atom is 0.273 e. The molecule has 0 spiro atoms. The lowest BCUT2D eigenvalue weighted by Gasteiger charge is -2.26. The highest BCUT2D eigenvalue weighted by molar-refractivity contribution is 6.00. The minimum Gasteiger partial charge on any atom is -0.508 e. The van der Waals surface area contributed by atoms with Crippen molar-refractivity contribution >= 4 is 16.8 Å². The summed E-state index contributed by atoms with van der Waals surface area (Å²) in [6.45, 7) is 0.480. The quantitative estimate of drug-likeness (QED) is 0.293. The second kappa shape index (κ2) is 9.05. The van der Waals surface area contributed by atoms with E-state index in [1.54, 1.807) is 32.4 Å². The highest BCUT2D eigenvalue weighted by atomic mass is 16.5. The second-order valence-electron chi connectivity index (χ2n) is 9.06. The first-order valence-electron chi connectivity index (χ1n) is 12.0. The summed E-state index contributed by atoms with van der Waals surface area (Å²) in [5, 5.41) is 18.8. The average Bonchev–Trinajstić information content (AvgIpc) is 3.61. The average molecular weight is 495 g/mol. The van der Waals surface area contributed by atoms with E-state index in [9.17, 15) is 9.90 Å². The van der Waals surface area contributed by atoms with Crippen LogP contribution in [0, 0.1) is 0 Å². The topological polar surface area (TPSA) is 103 Å². The molecule has 1 atom stereocenters. The first-order chi connectivity index (χ1) is 18.1. The van der Waals surface area contributed by atoms with Crippen molar-refractivity contribution in [2.45, 2.75) is 12.5 Å². The zero-order valence-electron chi connectivity index (χ0n) is 20.5. The summed E-state index contributed by atoms with van der Waals surface area (Å²) in [6, 6.07) is 20.2. The predicted molar refractivity (Wildman–Crippen MR) is 140 cm³/mol. The third-order valence-electron chi connectivity index (χ3n) is 7.01. The minimum absolute atomic E-state index is 0.118. The van der Waals surface area contributed by atoms with Gasteiger partial charge in [-0.1, -0.05) is 12.1 Å². The van der Waals surface area contributed by atoms with Crippen LogP contribution in [0.2, 0.25) is 0 Å². The fraction of sp³-hybridized carbons (Fsp3) is 0.172. The van der Waals surface area contributed by atoms with E-state index in [-0.39, 0.29) is 11.7 Å². The molecule has 0 aliphatic carbocycles. The molecule has 0 unspecified atom stereocenters. The molecule has 37 heavy (non-hydrogen) atoms. The van der Waals surface area contributed by atoms with E-state index in [1.807, 2.05) is 59.6 Å². The Bertz CT molecular complexity index is 1600. The van der Waals surface area contributed by atoms with Crippen molar-refractivity contribution in [1.82, 2.24) is 20.1 Å². The number of aromatic amines is 2. The number of aromatic nitrogens is 3. The van der Waals surface area contributed by atoms with Gasteiger partial charge in [0.15, 0.2) is 0 Å². The summed E-state index contributed by atoms with van der Waals surface area (Å²) >= 11 is 0. The van der Waals surface area contributed by atoms with Crippen LogP contribution >= 0.6 is 0 Å². The number of hydrogen-bond acceptors (Lipinski definition) is 5. The Balaban J connectivity index is 1.39. The van der Waals surface area contributed by atoms with E-state index < -0.39 is 6.04 Å². The van der Waals surface area contributed by atoms with Crippen molar-refractivity contribution in [3.05, 3.63) is 95.3 Å². The largest absolute Gasteiger partial charge is 0.508 e. The number of carbonyl (C=O) groups is 1. The number of carbonyl (C=O) groups excluding carboxylic acids is 1. The van der Waals surface area contributed by atoms with Crippen LogP contribution in [-0.4, -0.2) is 51.9 Å². The lowest BCUT2D eigenvalue weighted by molar-refractivity contribution is 0.0746. The molecule has 8 nitrogen and oxygen atoms in total. The Hall–Kier alpha value is -4.72. The van der Waals surface area contributed by atoms with Crippen LogP contribution in [0.3, 0.4) is 0 Å². The molecule has 6 rings (SSSR count). The zero-order valence-corrected chi connectivity index (χ0v) is 20.5. The van der Waals surface area contributed by atoms with Crippen LogP contribution in [0.25, 0.3) is 22.2 Å². The number of rotatable bonds is 7. The summed E-state index contributed by atoms with van der Waals surface area (Å²) in [7, 11) is 3.28. The second-order valence-corrected chi connectivity index (χ2v) is 9.06. The van der Waals surface area contributed by atoms with E-state index >= 15 is 0 Å². The third kappa shape index (κ3) is 3.87. The summed E-state index contributed by atoms with van der Waals surface area (Å²) in [5.41, 5.74) is 5.80. The fourth-order valence-corrected chi connectivity index (χ4v) is 5.17. The first-order valence-corrected chi connectivity index (χ1v) is 12.0. The molecule has 8 heteroatoms. The van der Waals surface area contributed by atoms with Crippen LogP contribution in [0.4, 0.5) is 0 Å². The molecule has 1 aliphatic rings. The van der Waals surface area contributed by atoms with Gasteiger partial charge in [-0.3, -0.25) is 9.89 Å². The maximum absolute atomic E-state index is 13.7. The molecule has 0 saturated heterocycles. The highest BCUT2D eigenvalue weighted by Gasteiger charge is 2.42. The Morgan fingerprint density at radius 3 is 2.54 bits per heavy atom. The number of phenols is 1. The van der Waals surface area contributed by atoms with Gasteiger partial charge in [-0.2, -0.15) is 5.10 Å². The monoisotopic (exact) mass is 494 g/mol. The molecule has 1 aliphatic heterocycles. The molecular weight excluding hydrogens is 468 g/mol. The molecule has 3 aromatic carbocycles.